The van der Waals surface area contributed by atoms with Crippen molar-refractivity contribution in [2.45, 2.75) is 39.5 Å². The molecule has 1 rings (SSSR count). The molecular weight excluding hydrogens is 274 g/mol. The molecular formula is C15H25NO3S. The van der Waals surface area contributed by atoms with Gasteiger partial charge in [0.15, 0.2) is 0 Å². The Morgan fingerprint density at radius 3 is 2.40 bits per heavy atom. The van der Waals surface area contributed by atoms with Gasteiger partial charge in [-0.3, -0.25) is 4.55 Å². The third-order valence-corrected chi connectivity index (χ3v) is 4.17. The van der Waals surface area contributed by atoms with E-state index in [-0.39, 0.29) is 5.75 Å². The molecule has 0 spiro atoms. The highest BCUT2D eigenvalue weighted by molar-refractivity contribution is 7.85. The molecule has 114 valence electrons. The first-order chi connectivity index (χ1) is 9.35. The fourth-order valence-electron chi connectivity index (χ4n) is 2.30. The van der Waals surface area contributed by atoms with Crippen LogP contribution in [0.5, 0.6) is 0 Å². The largest absolute Gasteiger partial charge is 0.372 e. The molecule has 1 N–H and O–H groups in total. The molecule has 0 aromatic heterocycles. The lowest BCUT2D eigenvalue weighted by molar-refractivity contribution is 0.480. The lowest BCUT2D eigenvalue weighted by Gasteiger charge is -2.27. The zero-order valence-electron chi connectivity index (χ0n) is 12.5. The summed E-state index contributed by atoms with van der Waals surface area (Å²) in [6.07, 6.45) is 1.24. The van der Waals surface area contributed by atoms with E-state index in [0.29, 0.717) is 12.3 Å². The number of unbranched alkanes of at least 4 members (excludes halogenated alkanes) is 1. The molecule has 4 nitrogen and oxygen atoms in total. The van der Waals surface area contributed by atoms with Gasteiger partial charge >= 0.3 is 0 Å². The molecule has 1 aromatic rings. The average molecular weight is 299 g/mol. The number of nitrogens with zero attached hydrogens (tertiary/aromatic N) is 1. The Labute approximate surface area is 122 Å². The molecule has 0 aliphatic heterocycles. The monoisotopic (exact) mass is 299 g/mol. The van der Waals surface area contributed by atoms with Gasteiger partial charge in [-0.15, -0.1) is 0 Å². The molecule has 5 heteroatoms. The van der Waals surface area contributed by atoms with E-state index in [4.69, 9.17) is 4.55 Å². The van der Waals surface area contributed by atoms with Crippen LogP contribution >= 0.6 is 0 Å². The van der Waals surface area contributed by atoms with E-state index in [1.807, 2.05) is 12.1 Å². The Balaban J connectivity index is 2.67. The highest BCUT2D eigenvalue weighted by atomic mass is 32.2. The molecule has 0 unspecified atom stereocenters. The van der Waals surface area contributed by atoms with Gasteiger partial charge in [0.1, 0.15) is 0 Å². The Morgan fingerprint density at radius 2 is 1.85 bits per heavy atom. The van der Waals surface area contributed by atoms with Crippen molar-refractivity contribution >= 4 is 15.8 Å². The SMILES string of the molecule is CCN(CCCCS(=O)(=O)O)c1ccccc1C(C)C. The number of para-hydroxylation sites is 1. The third-order valence-electron chi connectivity index (χ3n) is 3.36. The molecule has 0 aliphatic rings. The van der Waals surface area contributed by atoms with Gasteiger partial charge < -0.3 is 4.90 Å². The smallest absolute Gasteiger partial charge is 0.264 e. The van der Waals surface area contributed by atoms with E-state index in [2.05, 4.69) is 37.8 Å². The molecule has 0 fully saturated rings. The van der Waals surface area contributed by atoms with E-state index >= 15 is 0 Å². The maximum Gasteiger partial charge on any atom is 0.264 e. The Morgan fingerprint density at radius 1 is 1.20 bits per heavy atom. The van der Waals surface area contributed by atoms with Crippen molar-refractivity contribution in [2.75, 3.05) is 23.7 Å². The molecule has 0 heterocycles. The van der Waals surface area contributed by atoms with Gasteiger partial charge in [-0.05, 0) is 37.3 Å². The lowest BCUT2D eigenvalue weighted by Crippen LogP contribution is -2.25. The van der Waals surface area contributed by atoms with Crippen LogP contribution in [0.25, 0.3) is 0 Å². The standard InChI is InChI=1S/C15H25NO3S/c1-4-16(11-7-8-12-20(17,18)19)15-10-6-5-9-14(15)13(2)3/h5-6,9-10,13H,4,7-8,11-12H2,1-3H3,(H,17,18,19). The van der Waals surface area contributed by atoms with E-state index in [0.717, 1.165) is 19.5 Å². The minimum Gasteiger partial charge on any atom is -0.372 e. The maximum absolute atomic E-state index is 10.7. The van der Waals surface area contributed by atoms with Crippen LogP contribution in [0, 0.1) is 0 Å². The quantitative estimate of drug-likeness (QED) is 0.591. The second kappa shape index (κ2) is 7.64. The highest BCUT2D eigenvalue weighted by Crippen LogP contribution is 2.27. The Bertz CT molecular complexity index is 512. The summed E-state index contributed by atoms with van der Waals surface area (Å²) >= 11 is 0. The molecule has 0 aliphatic carbocycles. The van der Waals surface area contributed by atoms with Crippen molar-refractivity contribution in [3.63, 3.8) is 0 Å². The van der Waals surface area contributed by atoms with Gasteiger partial charge in [-0.2, -0.15) is 8.42 Å². The van der Waals surface area contributed by atoms with Crippen molar-refractivity contribution in [3.05, 3.63) is 29.8 Å². The van der Waals surface area contributed by atoms with E-state index in [1.54, 1.807) is 0 Å². The zero-order valence-corrected chi connectivity index (χ0v) is 13.4. The Hall–Kier alpha value is -1.07. The number of benzene rings is 1. The van der Waals surface area contributed by atoms with Gasteiger partial charge in [-0.25, -0.2) is 0 Å². The molecule has 0 saturated carbocycles. The van der Waals surface area contributed by atoms with Crippen LogP contribution in [-0.2, 0) is 10.1 Å². The van der Waals surface area contributed by atoms with Crippen LogP contribution in [0.15, 0.2) is 24.3 Å². The molecule has 0 saturated heterocycles. The third kappa shape index (κ3) is 5.51. The summed E-state index contributed by atoms with van der Waals surface area (Å²) < 4.78 is 30.1. The van der Waals surface area contributed by atoms with Crippen LogP contribution in [0.3, 0.4) is 0 Å². The summed E-state index contributed by atoms with van der Waals surface area (Å²) in [5.41, 5.74) is 2.53. The number of anilines is 1. The number of rotatable bonds is 8. The van der Waals surface area contributed by atoms with Gasteiger partial charge in [-0.1, -0.05) is 32.0 Å². The predicted molar refractivity (Wildman–Crippen MR) is 84.1 cm³/mol. The van der Waals surface area contributed by atoms with Crippen molar-refractivity contribution in [1.29, 1.82) is 0 Å². The molecule has 20 heavy (non-hydrogen) atoms. The molecule has 0 bridgehead atoms. The summed E-state index contributed by atoms with van der Waals surface area (Å²) in [4.78, 5) is 2.26. The summed E-state index contributed by atoms with van der Waals surface area (Å²) in [5, 5.41) is 0. The normalized spacial score (nSPS) is 11.8. The van der Waals surface area contributed by atoms with Gasteiger partial charge in [0, 0.05) is 18.8 Å². The average Bonchev–Trinajstić information content (AvgIpc) is 2.37. The summed E-state index contributed by atoms with van der Waals surface area (Å²) in [5.74, 6) is 0.300. The van der Waals surface area contributed by atoms with Gasteiger partial charge in [0.25, 0.3) is 10.1 Å². The maximum atomic E-state index is 10.7. The first-order valence-corrected chi connectivity index (χ1v) is 8.75. The van der Waals surface area contributed by atoms with Crippen LogP contribution in [0.2, 0.25) is 0 Å². The fourth-order valence-corrected chi connectivity index (χ4v) is 2.87. The molecule has 0 amide bonds. The van der Waals surface area contributed by atoms with Gasteiger partial charge in [0.2, 0.25) is 0 Å². The lowest BCUT2D eigenvalue weighted by atomic mass is 10.0. The summed E-state index contributed by atoms with van der Waals surface area (Å²) in [6.45, 7) is 8.13. The van der Waals surface area contributed by atoms with Crippen LogP contribution in [0.1, 0.15) is 45.1 Å². The van der Waals surface area contributed by atoms with E-state index in [1.165, 1.54) is 11.3 Å². The fraction of sp³-hybridized carbons (Fsp3) is 0.600. The van der Waals surface area contributed by atoms with Crippen molar-refractivity contribution in [2.24, 2.45) is 0 Å². The van der Waals surface area contributed by atoms with Crippen molar-refractivity contribution in [3.8, 4) is 0 Å². The zero-order chi connectivity index (χ0) is 15.2. The molecule has 1 aromatic carbocycles. The van der Waals surface area contributed by atoms with E-state index < -0.39 is 10.1 Å². The van der Waals surface area contributed by atoms with Crippen LogP contribution in [0.4, 0.5) is 5.69 Å². The molecule has 0 radical (unpaired) electrons. The second-order valence-electron chi connectivity index (χ2n) is 5.29. The number of hydrogen-bond donors (Lipinski definition) is 1. The molecule has 0 atom stereocenters. The Kier molecular flexibility index (Phi) is 6.49. The number of hydrogen-bond acceptors (Lipinski definition) is 3. The first-order valence-electron chi connectivity index (χ1n) is 7.14. The van der Waals surface area contributed by atoms with Crippen LogP contribution < -0.4 is 4.90 Å². The van der Waals surface area contributed by atoms with Crippen LogP contribution in [-0.4, -0.2) is 31.8 Å². The summed E-state index contributed by atoms with van der Waals surface area (Å²) in [7, 11) is -3.83. The predicted octanol–water partition coefficient (Wildman–Crippen LogP) is 3.30. The van der Waals surface area contributed by atoms with Gasteiger partial charge in [0.05, 0.1) is 5.75 Å². The van der Waals surface area contributed by atoms with E-state index in [9.17, 15) is 8.42 Å². The van der Waals surface area contributed by atoms with Crippen molar-refractivity contribution < 1.29 is 13.0 Å². The highest BCUT2D eigenvalue weighted by Gasteiger charge is 2.12. The topological polar surface area (TPSA) is 57.6 Å². The first kappa shape index (κ1) is 17.0. The second-order valence-corrected chi connectivity index (χ2v) is 6.86. The minimum atomic E-state index is -3.83. The summed E-state index contributed by atoms with van der Waals surface area (Å²) in [6, 6.07) is 8.33. The van der Waals surface area contributed by atoms with Crippen molar-refractivity contribution in [1.82, 2.24) is 0 Å². The minimum absolute atomic E-state index is 0.156.